The first-order valence-corrected chi connectivity index (χ1v) is 6.67. The Morgan fingerprint density at radius 1 is 1.47 bits per heavy atom. The number of carboxylic acid groups (broad SMARTS) is 1. The fourth-order valence-electron chi connectivity index (χ4n) is 1.08. The summed E-state index contributed by atoms with van der Waals surface area (Å²) in [5.41, 5.74) is 0. The molecule has 4 nitrogen and oxygen atoms in total. The van der Waals surface area contributed by atoms with Gasteiger partial charge in [0.05, 0.1) is 3.57 Å². The van der Waals surface area contributed by atoms with Crippen molar-refractivity contribution >= 4 is 51.5 Å². The van der Waals surface area contributed by atoms with Crippen LogP contribution >= 0.6 is 45.5 Å². The molecule has 1 aromatic carbocycles. The van der Waals surface area contributed by atoms with Crippen LogP contribution in [0.25, 0.3) is 0 Å². The molecule has 0 unspecified atom stereocenters. The van der Waals surface area contributed by atoms with Crippen LogP contribution in [0.4, 0.5) is 0 Å². The maximum absolute atomic E-state index is 10.8. The van der Waals surface area contributed by atoms with Gasteiger partial charge in [-0.05, 0) is 34.7 Å². The fraction of sp³-hybridized carbons (Fsp3) is 0. The Kier molecular flexibility index (Phi) is 3.85. The molecule has 1 heterocycles. The third kappa shape index (κ3) is 2.88. The SMILES string of the molecule is O=C(O)c1sc(Oc2ccccc2I)nc1Cl. The van der Waals surface area contributed by atoms with Crippen LogP contribution in [0, 0.1) is 3.57 Å². The number of aromatic nitrogens is 1. The summed E-state index contributed by atoms with van der Waals surface area (Å²) < 4.78 is 6.38. The van der Waals surface area contributed by atoms with Crippen LogP contribution in [0.5, 0.6) is 10.9 Å². The monoisotopic (exact) mass is 381 g/mol. The van der Waals surface area contributed by atoms with Crippen LogP contribution in [0.1, 0.15) is 9.67 Å². The Balaban J connectivity index is 2.28. The van der Waals surface area contributed by atoms with E-state index in [1.54, 1.807) is 6.07 Å². The van der Waals surface area contributed by atoms with E-state index in [-0.39, 0.29) is 15.2 Å². The molecule has 88 valence electrons. The number of nitrogens with zero attached hydrogens (tertiary/aromatic N) is 1. The summed E-state index contributed by atoms with van der Waals surface area (Å²) in [5.74, 6) is -0.486. The Morgan fingerprint density at radius 2 is 2.18 bits per heavy atom. The maximum atomic E-state index is 10.8. The molecule has 0 fully saturated rings. The van der Waals surface area contributed by atoms with Crippen LogP contribution in [0.2, 0.25) is 5.15 Å². The second-order valence-electron chi connectivity index (χ2n) is 2.94. The molecule has 7 heteroatoms. The zero-order chi connectivity index (χ0) is 12.4. The van der Waals surface area contributed by atoms with E-state index in [0.717, 1.165) is 14.9 Å². The summed E-state index contributed by atoms with van der Waals surface area (Å²) in [5, 5.41) is 9.00. The highest BCUT2D eigenvalue weighted by Crippen LogP contribution is 2.33. The summed E-state index contributed by atoms with van der Waals surface area (Å²) in [4.78, 5) is 14.6. The van der Waals surface area contributed by atoms with Gasteiger partial charge in [-0.2, -0.15) is 4.98 Å². The molecule has 0 amide bonds. The van der Waals surface area contributed by atoms with Crippen molar-refractivity contribution in [3.8, 4) is 10.9 Å². The van der Waals surface area contributed by atoms with Crippen molar-refractivity contribution in [3.05, 3.63) is 37.9 Å². The van der Waals surface area contributed by atoms with Gasteiger partial charge in [-0.15, -0.1) is 0 Å². The van der Waals surface area contributed by atoms with Gasteiger partial charge in [0, 0.05) is 0 Å². The number of carbonyl (C=O) groups is 1. The van der Waals surface area contributed by atoms with Gasteiger partial charge in [0.2, 0.25) is 0 Å². The highest BCUT2D eigenvalue weighted by Gasteiger charge is 2.17. The minimum atomic E-state index is -1.11. The molecule has 0 saturated carbocycles. The lowest BCUT2D eigenvalue weighted by Crippen LogP contribution is -1.91. The van der Waals surface area contributed by atoms with Crippen LogP contribution < -0.4 is 4.74 Å². The quantitative estimate of drug-likeness (QED) is 0.820. The molecular weight excluding hydrogens is 377 g/mol. The molecule has 17 heavy (non-hydrogen) atoms. The first-order valence-electron chi connectivity index (χ1n) is 4.40. The number of thiazole rings is 1. The number of ether oxygens (including phenoxy) is 1. The lowest BCUT2D eigenvalue weighted by atomic mass is 10.3. The zero-order valence-electron chi connectivity index (χ0n) is 8.18. The van der Waals surface area contributed by atoms with E-state index in [2.05, 4.69) is 27.6 Å². The minimum absolute atomic E-state index is 0.0207. The van der Waals surface area contributed by atoms with E-state index in [1.165, 1.54) is 0 Å². The highest BCUT2D eigenvalue weighted by molar-refractivity contribution is 14.1. The molecule has 0 atom stereocenters. The Morgan fingerprint density at radius 3 is 2.76 bits per heavy atom. The topological polar surface area (TPSA) is 59.4 Å². The summed E-state index contributed by atoms with van der Waals surface area (Å²) >= 11 is 8.70. The van der Waals surface area contributed by atoms with Crippen molar-refractivity contribution in [3.63, 3.8) is 0 Å². The number of carboxylic acids is 1. The largest absolute Gasteiger partial charge is 0.477 e. The van der Waals surface area contributed by atoms with Crippen molar-refractivity contribution < 1.29 is 14.6 Å². The standard InChI is InChI=1S/C10H5ClINO3S/c11-8-7(9(14)15)17-10(13-8)16-6-4-2-1-3-5(6)12/h1-4H,(H,14,15). The molecule has 1 aromatic heterocycles. The second-order valence-corrected chi connectivity index (χ2v) is 5.42. The predicted molar refractivity (Wildman–Crippen MR) is 73.3 cm³/mol. The Labute approximate surface area is 119 Å². The molecular formula is C10H5ClINO3S. The first-order chi connectivity index (χ1) is 8.08. The number of aromatic carboxylic acids is 1. The first kappa shape index (κ1) is 12.6. The summed E-state index contributed by atoms with van der Waals surface area (Å²) in [6.07, 6.45) is 0. The predicted octanol–water partition coefficient (Wildman–Crippen LogP) is 3.89. The van der Waals surface area contributed by atoms with E-state index in [4.69, 9.17) is 21.4 Å². The zero-order valence-corrected chi connectivity index (χ0v) is 11.9. The van der Waals surface area contributed by atoms with Crippen molar-refractivity contribution in [2.45, 2.75) is 0 Å². The molecule has 2 rings (SSSR count). The number of para-hydroxylation sites is 1. The van der Waals surface area contributed by atoms with Crippen molar-refractivity contribution in [2.75, 3.05) is 0 Å². The van der Waals surface area contributed by atoms with Gasteiger partial charge in [0.1, 0.15) is 5.75 Å². The Bertz CT molecular complexity index is 572. The fourth-order valence-corrected chi connectivity index (χ4v) is 2.56. The number of hydrogen-bond acceptors (Lipinski definition) is 4. The van der Waals surface area contributed by atoms with Gasteiger partial charge < -0.3 is 9.84 Å². The van der Waals surface area contributed by atoms with Crippen LogP contribution in [-0.2, 0) is 0 Å². The van der Waals surface area contributed by atoms with Gasteiger partial charge in [0.25, 0.3) is 5.19 Å². The third-order valence-corrected chi connectivity index (χ3v) is 3.99. The molecule has 0 radical (unpaired) electrons. The van der Waals surface area contributed by atoms with Gasteiger partial charge in [-0.3, -0.25) is 0 Å². The lowest BCUT2D eigenvalue weighted by Gasteiger charge is -2.02. The summed E-state index contributed by atoms with van der Waals surface area (Å²) in [6, 6.07) is 7.36. The van der Waals surface area contributed by atoms with E-state index < -0.39 is 5.97 Å². The van der Waals surface area contributed by atoms with Crippen molar-refractivity contribution in [2.24, 2.45) is 0 Å². The number of hydrogen-bond donors (Lipinski definition) is 1. The molecule has 1 N–H and O–H groups in total. The highest BCUT2D eigenvalue weighted by atomic mass is 127. The molecule has 0 aliphatic heterocycles. The van der Waals surface area contributed by atoms with Gasteiger partial charge in [-0.25, -0.2) is 4.79 Å². The van der Waals surface area contributed by atoms with Gasteiger partial charge >= 0.3 is 5.97 Å². The normalized spacial score (nSPS) is 10.2. The van der Waals surface area contributed by atoms with Gasteiger partial charge in [0.15, 0.2) is 10.0 Å². The smallest absolute Gasteiger partial charge is 0.349 e. The molecule has 0 bridgehead atoms. The molecule has 0 aliphatic carbocycles. The van der Waals surface area contributed by atoms with Crippen molar-refractivity contribution in [1.82, 2.24) is 4.98 Å². The van der Waals surface area contributed by atoms with Crippen LogP contribution in [-0.4, -0.2) is 16.1 Å². The molecule has 0 aliphatic rings. The average Bonchev–Trinajstić information content (AvgIpc) is 2.63. The summed E-state index contributed by atoms with van der Waals surface area (Å²) in [7, 11) is 0. The molecule has 0 spiro atoms. The molecule has 2 aromatic rings. The van der Waals surface area contributed by atoms with E-state index in [9.17, 15) is 4.79 Å². The van der Waals surface area contributed by atoms with Crippen molar-refractivity contribution in [1.29, 1.82) is 0 Å². The summed E-state index contributed by atoms with van der Waals surface area (Å²) in [6.45, 7) is 0. The second kappa shape index (κ2) is 5.19. The van der Waals surface area contributed by atoms with Crippen LogP contribution in [0.3, 0.4) is 0 Å². The van der Waals surface area contributed by atoms with E-state index in [0.29, 0.717) is 5.75 Å². The lowest BCUT2D eigenvalue weighted by molar-refractivity contribution is 0.0702. The van der Waals surface area contributed by atoms with E-state index >= 15 is 0 Å². The average molecular weight is 382 g/mol. The van der Waals surface area contributed by atoms with E-state index in [1.807, 2.05) is 18.2 Å². The number of rotatable bonds is 3. The maximum Gasteiger partial charge on any atom is 0.349 e. The molecule has 0 saturated heterocycles. The number of benzene rings is 1. The minimum Gasteiger partial charge on any atom is -0.477 e. The Hall–Kier alpha value is -0.860. The third-order valence-electron chi connectivity index (χ3n) is 1.79. The number of halogens is 2. The van der Waals surface area contributed by atoms with Gasteiger partial charge in [-0.1, -0.05) is 35.1 Å². The van der Waals surface area contributed by atoms with Crippen LogP contribution in [0.15, 0.2) is 24.3 Å².